The minimum absolute atomic E-state index is 0.158. The number of urea groups is 1. The topological polar surface area (TPSA) is 52.6 Å². The maximum Gasteiger partial charge on any atom is 0.319 e. The van der Waals surface area contributed by atoms with Crippen LogP contribution in [-0.2, 0) is 0 Å². The van der Waals surface area contributed by atoms with E-state index >= 15 is 0 Å². The number of carbonyl (C=O) groups is 1. The fourth-order valence-electron chi connectivity index (χ4n) is 0.991. The molecule has 1 heterocycles. The molecule has 1 fully saturated rings. The summed E-state index contributed by atoms with van der Waals surface area (Å²) in [6, 6.07) is -0.158. The number of aliphatic hydroxyl groups excluding tert-OH is 1. The van der Waals surface area contributed by atoms with Crippen LogP contribution in [0.25, 0.3) is 0 Å². The average molecular weight is 144 g/mol. The van der Waals surface area contributed by atoms with E-state index in [1.54, 1.807) is 0 Å². The van der Waals surface area contributed by atoms with E-state index < -0.39 is 6.23 Å². The van der Waals surface area contributed by atoms with Crippen molar-refractivity contribution in [2.24, 2.45) is 0 Å². The SMILES string of the molecule is CCC(O)N1CCNC1=O. The number of hydrogen-bond donors (Lipinski definition) is 2. The van der Waals surface area contributed by atoms with Gasteiger partial charge in [0.1, 0.15) is 6.23 Å². The summed E-state index contributed by atoms with van der Waals surface area (Å²) >= 11 is 0. The molecule has 4 heteroatoms. The maximum absolute atomic E-state index is 10.8. The van der Waals surface area contributed by atoms with Gasteiger partial charge in [0.05, 0.1) is 0 Å². The molecule has 1 aliphatic rings. The third-order valence-corrected chi connectivity index (χ3v) is 1.61. The first kappa shape index (κ1) is 7.34. The van der Waals surface area contributed by atoms with Crippen molar-refractivity contribution in [1.82, 2.24) is 10.2 Å². The van der Waals surface area contributed by atoms with Crippen LogP contribution >= 0.6 is 0 Å². The quantitative estimate of drug-likeness (QED) is 0.561. The number of nitrogens with zero attached hydrogens (tertiary/aromatic N) is 1. The summed E-state index contributed by atoms with van der Waals surface area (Å²) < 4.78 is 0. The van der Waals surface area contributed by atoms with Gasteiger partial charge in [-0.05, 0) is 6.42 Å². The van der Waals surface area contributed by atoms with E-state index in [-0.39, 0.29) is 6.03 Å². The van der Waals surface area contributed by atoms with E-state index in [1.807, 2.05) is 6.92 Å². The summed E-state index contributed by atoms with van der Waals surface area (Å²) in [5.41, 5.74) is 0. The number of hydrogen-bond acceptors (Lipinski definition) is 2. The van der Waals surface area contributed by atoms with Crippen LogP contribution < -0.4 is 5.32 Å². The van der Waals surface area contributed by atoms with E-state index in [1.165, 1.54) is 4.90 Å². The van der Waals surface area contributed by atoms with Crippen LogP contribution in [-0.4, -0.2) is 35.4 Å². The van der Waals surface area contributed by atoms with E-state index in [9.17, 15) is 9.90 Å². The van der Waals surface area contributed by atoms with Gasteiger partial charge in [0.2, 0.25) is 0 Å². The molecule has 1 unspecified atom stereocenters. The van der Waals surface area contributed by atoms with Crippen LogP contribution in [0, 0.1) is 0 Å². The zero-order valence-corrected chi connectivity index (χ0v) is 6.00. The molecule has 0 aromatic heterocycles. The molecule has 0 aromatic carbocycles. The fourth-order valence-corrected chi connectivity index (χ4v) is 0.991. The molecule has 1 aliphatic heterocycles. The molecule has 0 bridgehead atoms. The van der Waals surface area contributed by atoms with E-state index in [0.717, 1.165) is 0 Å². The number of amides is 2. The Morgan fingerprint density at radius 3 is 3.00 bits per heavy atom. The Morgan fingerprint density at radius 2 is 2.60 bits per heavy atom. The molecule has 1 rings (SSSR count). The molecular weight excluding hydrogens is 132 g/mol. The van der Waals surface area contributed by atoms with Gasteiger partial charge in [0.15, 0.2) is 0 Å². The third-order valence-electron chi connectivity index (χ3n) is 1.61. The minimum Gasteiger partial charge on any atom is -0.373 e. The second kappa shape index (κ2) is 2.88. The first-order valence-corrected chi connectivity index (χ1v) is 3.48. The third kappa shape index (κ3) is 1.21. The molecule has 1 atom stereocenters. The lowest BCUT2D eigenvalue weighted by molar-refractivity contribution is 0.0417. The van der Waals surface area contributed by atoms with Gasteiger partial charge in [0, 0.05) is 13.1 Å². The predicted molar refractivity (Wildman–Crippen MR) is 36.4 cm³/mol. The zero-order chi connectivity index (χ0) is 7.56. The molecular formula is C6H12N2O2. The number of aliphatic hydroxyl groups is 1. The molecule has 10 heavy (non-hydrogen) atoms. The van der Waals surface area contributed by atoms with Crippen molar-refractivity contribution in [3.05, 3.63) is 0 Å². The highest BCUT2D eigenvalue weighted by Crippen LogP contribution is 2.03. The largest absolute Gasteiger partial charge is 0.373 e. The Balaban J connectivity index is 2.46. The van der Waals surface area contributed by atoms with Crippen LogP contribution in [0.15, 0.2) is 0 Å². The Hall–Kier alpha value is -0.770. The van der Waals surface area contributed by atoms with Crippen molar-refractivity contribution in [2.45, 2.75) is 19.6 Å². The molecule has 58 valence electrons. The Bertz CT molecular complexity index is 138. The summed E-state index contributed by atoms with van der Waals surface area (Å²) in [4.78, 5) is 12.3. The van der Waals surface area contributed by atoms with Gasteiger partial charge < -0.3 is 10.4 Å². The van der Waals surface area contributed by atoms with Crippen molar-refractivity contribution in [2.75, 3.05) is 13.1 Å². The summed E-state index contributed by atoms with van der Waals surface area (Å²) in [6.07, 6.45) is -0.0181. The molecule has 0 aromatic rings. The summed E-state index contributed by atoms with van der Waals surface area (Å²) in [6.45, 7) is 3.11. The molecule has 0 saturated carbocycles. The Morgan fingerprint density at radius 1 is 1.90 bits per heavy atom. The molecule has 0 spiro atoms. The van der Waals surface area contributed by atoms with Gasteiger partial charge >= 0.3 is 6.03 Å². The fraction of sp³-hybridized carbons (Fsp3) is 0.833. The first-order valence-electron chi connectivity index (χ1n) is 3.48. The summed E-state index contributed by atoms with van der Waals surface area (Å²) in [5.74, 6) is 0. The van der Waals surface area contributed by atoms with Gasteiger partial charge in [0.25, 0.3) is 0 Å². The van der Waals surface area contributed by atoms with Crippen molar-refractivity contribution in [3.8, 4) is 0 Å². The van der Waals surface area contributed by atoms with Crippen LogP contribution in [0.3, 0.4) is 0 Å². The van der Waals surface area contributed by atoms with Crippen LogP contribution in [0.2, 0.25) is 0 Å². The van der Waals surface area contributed by atoms with Crippen molar-refractivity contribution < 1.29 is 9.90 Å². The Kier molecular flexibility index (Phi) is 2.11. The standard InChI is InChI=1S/C6H12N2O2/c1-2-5(9)8-4-3-7-6(8)10/h5,9H,2-4H2,1H3,(H,7,10). The second-order valence-corrected chi connectivity index (χ2v) is 2.31. The van der Waals surface area contributed by atoms with Gasteiger partial charge in [-0.25, -0.2) is 4.79 Å². The zero-order valence-electron chi connectivity index (χ0n) is 6.00. The van der Waals surface area contributed by atoms with Gasteiger partial charge in [-0.1, -0.05) is 6.92 Å². The summed E-state index contributed by atoms with van der Waals surface area (Å²) in [5, 5.41) is 11.8. The first-order chi connectivity index (χ1) is 4.75. The summed E-state index contributed by atoms with van der Waals surface area (Å²) in [7, 11) is 0. The highest BCUT2D eigenvalue weighted by molar-refractivity contribution is 5.76. The molecule has 0 aliphatic carbocycles. The van der Waals surface area contributed by atoms with Crippen molar-refractivity contribution in [1.29, 1.82) is 0 Å². The number of rotatable bonds is 2. The predicted octanol–water partition coefficient (Wildman–Crippen LogP) is -0.260. The van der Waals surface area contributed by atoms with Crippen LogP contribution in [0.4, 0.5) is 4.79 Å². The molecule has 1 saturated heterocycles. The highest BCUT2D eigenvalue weighted by Gasteiger charge is 2.24. The lowest BCUT2D eigenvalue weighted by Gasteiger charge is -2.19. The normalized spacial score (nSPS) is 21.0. The molecule has 4 nitrogen and oxygen atoms in total. The molecule has 2 N–H and O–H groups in total. The lowest BCUT2D eigenvalue weighted by atomic mass is 10.4. The highest BCUT2D eigenvalue weighted by atomic mass is 16.3. The molecule has 0 radical (unpaired) electrons. The average Bonchev–Trinajstić information content (AvgIpc) is 2.34. The van der Waals surface area contributed by atoms with Gasteiger partial charge in [-0.3, -0.25) is 4.90 Å². The monoisotopic (exact) mass is 144 g/mol. The lowest BCUT2D eigenvalue weighted by Crippen LogP contribution is -2.37. The van der Waals surface area contributed by atoms with Gasteiger partial charge in [-0.15, -0.1) is 0 Å². The maximum atomic E-state index is 10.8. The number of nitrogens with one attached hydrogen (secondary N) is 1. The van der Waals surface area contributed by atoms with Gasteiger partial charge in [-0.2, -0.15) is 0 Å². The van der Waals surface area contributed by atoms with Crippen molar-refractivity contribution in [3.63, 3.8) is 0 Å². The van der Waals surface area contributed by atoms with E-state index in [4.69, 9.17) is 0 Å². The van der Waals surface area contributed by atoms with E-state index in [2.05, 4.69) is 5.32 Å². The Labute approximate surface area is 59.8 Å². The van der Waals surface area contributed by atoms with Crippen LogP contribution in [0.5, 0.6) is 0 Å². The van der Waals surface area contributed by atoms with Crippen LogP contribution in [0.1, 0.15) is 13.3 Å². The smallest absolute Gasteiger partial charge is 0.319 e. The number of carbonyl (C=O) groups excluding carboxylic acids is 1. The second-order valence-electron chi connectivity index (χ2n) is 2.31. The van der Waals surface area contributed by atoms with Crippen molar-refractivity contribution >= 4 is 6.03 Å². The molecule has 2 amide bonds. The van der Waals surface area contributed by atoms with E-state index in [0.29, 0.717) is 19.5 Å². The minimum atomic E-state index is -0.609.